The Morgan fingerprint density at radius 2 is 2.00 bits per heavy atom. The van der Waals surface area contributed by atoms with Crippen molar-refractivity contribution in [3.63, 3.8) is 0 Å². The Kier molecular flexibility index (Phi) is 2.69. The highest BCUT2D eigenvalue weighted by Gasteiger charge is 1.95. The van der Waals surface area contributed by atoms with Gasteiger partial charge in [-0.2, -0.15) is 0 Å². The number of rotatable bonds is 2. The summed E-state index contributed by atoms with van der Waals surface area (Å²) >= 11 is 0. The van der Waals surface area contributed by atoms with E-state index in [9.17, 15) is 0 Å². The Morgan fingerprint density at radius 1 is 1.36 bits per heavy atom. The van der Waals surface area contributed by atoms with E-state index in [1.165, 1.54) is 6.20 Å². The van der Waals surface area contributed by atoms with Crippen LogP contribution in [0.1, 0.15) is 5.56 Å². The van der Waals surface area contributed by atoms with E-state index < -0.39 is 0 Å². The average Bonchev–Trinajstić information content (AvgIpc) is 2.09. The van der Waals surface area contributed by atoms with Crippen LogP contribution in [0.25, 0.3) is 5.57 Å². The van der Waals surface area contributed by atoms with E-state index in [1.54, 1.807) is 0 Å². The molecule has 0 saturated carbocycles. The van der Waals surface area contributed by atoms with Crippen LogP contribution in [0.4, 0.5) is 0 Å². The zero-order chi connectivity index (χ0) is 8.10. The summed E-state index contributed by atoms with van der Waals surface area (Å²) in [6.45, 7) is -0.0134. The molecule has 0 spiro atoms. The quantitative estimate of drug-likeness (QED) is 0.658. The molecule has 0 unspecified atom stereocenters. The first-order chi connectivity index (χ1) is 5.38. The van der Waals surface area contributed by atoms with Crippen LogP contribution in [0.3, 0.4) is 0 Å². The Bertz CT molecular complexity index is 241. The van der Waals surface area contributed by atoms with E-state index >= 15 is 0 Å². The van der Waals surface area contributed by atoms with Crippen LogP contribution < -0.4 is 5.73 Å². The molecule has 0 aliphatic rings. The summed E-state index contributed by atoms with van der Waals surface area (Å²) in [6.07, 6.45) is 1.43. The van der Waals surface area contributed by atoms with Gasteiger partial charge in [-0.3, -0.25) is 0 Å². The van der Waals surface area contributed by atoms with Crippen molar-refractivity contribution in [1.29, 1.82) is 0 Å². The minimum atomic E-state index is -0.0134. The van der Waals surface area contributed by atoms with Gasteiger partial charge in [0, 0.05) is 5.57 Å². The second kappa shape index (κ2) is 3.78. The highest BCUT2D eigenvalue weighted by atomic mass is 16.3. The highest BCUT2D eigenvalue weighted by Crippen LogP contribution is 2.10. The van der Waals surface area contributed by atoms with Crippen LogP contribution in [-0.4, -0.2) is 11.7 Å². The smallest absolute Gasteiger partial charge is 0.0701 e. The van der Waals surface area contributed by atoms with Crippen molar-refractivity contribution in [2.24, 2.45) is 5.73 Å². The second-order valence-corrected chi connectivity index (χ2v) is 2.22. The summed E-state index contributed by atoms with van der Waals surface area (Å²) < 4.78 is 0. The molecule has 1 rings (SSSR count). The average molecular weight is 149 g/mol. The molecule has 0 aliphatic heterocycles. The Labute approximate surface area is 66.0 Å². The zero-order valence-electron chi connectivity index (χ0n) is 6.20. The summed E-state index contributed by atoms with van der Waals surface area (Å²) in [5.74, 6) is 0. The van der Waals surface area contributed by atoms with Gasteiger partial charge in [-0.1, -0.05) is 30.3 Å². The fraction of sp³-hybridized carbons (Fsp3) is 0.111. The highest BCUT2D eigenvalue weighted by molar-refractivity contribution is 5.65. The minimum absolute atomic E-state index is 0.0134. The van der Waals surface area contributed by atoms with Crippen molar-refractivity contribution in [3.05, 3.63) is 42.1 Å². The predicted octanol–water partition coefficient (Wildman–Crippen LogP) is 0.979. The van der Waals surface area contributed by atoms with Crippen molar-refractivity contribution >= 4 is 5.57 Å². The van der Waals surface area contributed by atoms with Gasteiger partial charge in [0.1, 0.15) is 0 Å². The summed E-state index contributed by atoms with van der Waals surface area (Å²) in [5, 5.41) is 8.83. The van der Waals surface area contributed by atoms with Gasteiger partial charge >= 0.3 is 0 Å². The van der Waals surface area contributed by atoms with E-state index in [2.05, 4.69) is 0 Å². The lowest BCUT2D eigenvalue weighted by molar-refractivity contribution is 0.350. The van der Waals surface area contributed by atoms with E-state index in [-0.39, 0.29) is 6.61 Å². The maximum atomic E-state index is 8.83. The normalized spacial score (nSPS) is 11.5. The summed E-state index contributed by atoms with van der Waals surface area (Å²) in [5.41, 5.74) is 7.02. The van der Waals surface area contributed by atoms with Gasteiger partial charge in [0.15, 0.2) is 0 Å². The molecule has 2 nitrogen and oxygen atoms in total. The number of nitrogens with two attached hydrogens (primary N) is 1. The fourth-order valence-corrected chi connectivity index (χ4v) is 0.892. The molecule has 0 radical (unpaired) electrons. The van der Waals surface area contributed by atoms with Crippen LogP contribution in [0.15, 0.2) is 36.5 Å². The van der Waals surface area contributed by atoms with Gasteiger partial charge in [0.05, 0.1) is 6.61 Å². The van der Waals surface area contributed by atoms with Crippen LogP contribution in [0.2, 0.25) is 0 Å². The van der Waals surface area contributed by atoms with E-state index in [4.69, 9.17) is 10.8 Å². The standard InChI is InChI=1S/C9H11NO/c10-6-9(7-11)8-4-2-1-3-5-8/h1-6,11H,7,10H2/b9-6-. The maximum absolute atomic E-state index is 8.83. The number of hydrogen-bond acceptors (Lipinski definition) is 2. The third kappa shape index (κ3) is 1.82. The van der Waals surface area contributed by atoms with Gasteiger partial charge in [-0.25, -0.2) is 0 Å². The molecule has 0 amide bonds. The third-order valence-electron chi connectivity index (χ3n) is 1.52. The van der Waals surface area contributed by atoms with E-state index in [1.807, 2.05) is 30.3 Å². The van der Waals surface area contributed by atoms with E-state index in [0.717, 1.165) is 11.1 Å². The summed E-state index contributed by atoms with van der Waals surface area (Å²) in [7, 11) is 0. The van der Waals surface area contributed by atoms with Gasteiger partial charge < -0.3 is 10.8 Å². The lowest BCUT2D eigenvalue weighted by Crippen LogP contribution is -1.93. The molecule has 0 heterocycles. The van der Waals surface area contributed by atoms with Gasteiger partial charge in [0.2, 0.25) is 0 Å². The molecule has 0 saturated heterocycles. The second-order valence-electron chi connectivity index (χ2n) is 2.22. The number of aliphatic hydroxyl groups excluding tert-OH is 1. The Morgan fingerprint density at radius 3 is 2.45 bits per heavy atom. The molecule has 0 atom stereocenters. The zero-order valence-corrected chi connectivity index (χ0v) is 6.20. The molecule has 58 valence electrons. The first kappa shape index (κ1) is 7.82. The molecule has 0 aromatic heterocycles. The summed E-state index contributed by atoms with van der Waals surface area (Å²) in [4.78, 5) is 0. The molecule has 3 N–H and O–H groups in total. The molecule has 0 bridgehead atoms. The first-order valence-corrected chi connectivity index (χ1v) is 3.45. The van der Waals surface area contributed by atoms with Crippen molar-refractivity contribution in [2.75, 3.05) is 6.61 Å². The molecule has 1 aromatic carbocycles. The van der Waals surface area contributed by atoms with Crippen molar-refractivity contribution in [3.8, 4) is 0 Å². The largest absolute Gasteiger partial charge is 0.404 e. The number of benzene rings is 1. The first-order valence-electron chi connectivity index (χ1n) is 3.45. The molecule has 0 fully saturated rings. The lowest BCUT2D eigenvalue weighted by atomic mass is 10.1. The van der Waals surface area contributed by atoms with Gasteiger partial charge in [-0.15, -0.1) is 0 Å². The molecular weight excluding hydrogens is 138 g/mol. The van der Waals surface area contributed by atoms with Crippen LogP contribution in [0, 0.1) is 0 Å². The van der Waals surface area contributed by atoms with Gasteiger partial charge in [-0.05, 0) is 11.8 Å². The molecule has 1 aromatic rings. The number of hydrogen-bond donors (Lipinski definition) is 2. The van der Waals surface area contributed by atoms with Crippen LogP contribution >= 0.6 is 0 Å². The molecule has 0 aliphatic carbocycles. The van der Waals surface area contributed by atoms with Crippen molar-refractivity contribution in [1.82, 2.24) is 0 Å². The Balaban J connectivity index is 2.92. The Hall–Kier alpha value is -1.28. The van der Waals surface area contributed by atoms with Crippen LogP contribution in [0.5, 0.6) is 0 Å². The number of aliphatic hydroxyl groups is 1. The molecule has 11 heavy (non-hydrogen) atoms. The third-order valence-corrected chi connectivity index (χ3v) is 1.52. The summed E-state index contributed by atoms with van der Waals surface area (Å²) in [6, 6.07) is 9.57. The molecule has 2 heteroatoms. The fourth-order valence-electron chi connectivity index (χ4n) is 0.892. The predicted molar refractivity (Wildman–Crippen MR) is 45.7 cm³/mol. The van der Waals surface area contributed by atoms with Crippen molar-refractivity contribution in [2.45, 2.75) is 0 Å². The van der Waals surface area contributed by atoms with Gasteiger partial charge in [0.25, 0.3) is 0 Å². The lowest BCUT2D eigenvalue weighted by Gasteiger charge is -2.00. The SMILES string of the molecule is N/C=C(/CO)c1ccccc1. The minimum Gasteiger partial charge on any atom is -0.404 e. The maximum Gasteiger partial charge on any atom is 0.0701 e. The van der Waals surface area contributed by atoms with Crippen LogP contribution in [-0.2, 0) is 0 Å². The van der Waals surface area contributed by atoms with Crippen molar-refractivity contribution < 1.29 is 5.11 Å². The monoisotopic (exact) mass is 149 g/mol. The van der Waals surface area contributed by atoms with E-state index in [0.29, 0.717) is 0 Å². The topological polar surface area (TPSA) is 46.2 Å². The molecular formula is C9H11NO.